The number of methoxy groups -OCH3 is 1. The standard InChI is InChI=1S/C10H10F2O2/c1-10(11,12)9(13)7-4-3-5-8(6-7)14-2/h3-6H,1-2H3. The molecule has 0 fully saturated rings. The smallest absolute Gasteiger partial charge is 0.307 e. The van der Waals surface area contributed by atoms with Gasteiger partial charge in [0.15, 0.2) is 0 Å². The third-order valence-corrected chi connectivity index (χ3v) is 1.73. The van der Waals surface area contributed by atoms with Crippen LogP contribution in [0, 0.1) is 0 Å². The third kappa shape index (κ3) is 2.28. The first-order valence-electron chi connectivity index (χ1n) is 4.02. The van der Waals surface area contributed by atoms with E-state index in [0.29, 0.717) is 12.7 Å². The number of ether oxygens (including phenoxy) is 1. The van der Waals surface area contributed by atoms with E-state index < -0.39 is 11.7 Å². The van der Waals surface area contributed by atoms with Gasteiger partial charge in [-0.3, -0.25) is 4.79 Å². The zero-order valence-corrected chi connectivity index (χ0v) is 7.88. The number of hydrogen-bond donors (Lipinski definition) is 0. The maximum atomic E-state index is 12.6. The fraction of sp³-hybridized carbons (Fsp3) is 0.300. The van der Waals surface area contributed by atoms with Crippen LogP contribution < -0.4 is 4.74 Å². The first kappa shape index (κ1) is 10.6. The van der Waals surface area contributed by atoms with Crippen LogP contribution in [0.4, 0.5) is 8.78 Å². The van der Waals surface area contributed by atoms with Gasteiger partial charge in [0.25, 0.3) is 0 Å². The lowest BCUT2D eigenvalue weighted by Crippen LogP contribution is -2.24. The maximum Gasteiger partial charge on any atom is 0.307 e. The topological polar surface area (TPSA) is 26.3 Å². The number of rotatable bonds is 3. The second-order valence-corrected chi connectivity index (χ2v) is 2.95. The number of carbonyl (C=O) groups is 1. The second-order valence-electron chi connectivity index (χ2n) is 2.95. The van der Waals surface area contributed by atoms with Crippen molar-refractivity contribution in [2.75, 3.05) is 7.11 Å². The number of carbonyl (C=O) groups excluding carboxylic acids is 1. The Hall–Kier alpha value is -1.45. The van der Waals surface area contributed by atoms with E-state index in [4.69, 9.17) is 4.74 Å². The lowest BCUT2D eigenvalue weighted by Gasteiger charge is -2.09. The zero-order chi connectivity index (χ0) is 10.8. The molecule has 0 aliphatic heterocycles. The van der Waals surface area contributed by atoms with E-state index in [1.54, 1.807) is 6.07 Å². The van der Waals surface area contributed by atoms with Crippen molar-refractivity contribution in [2.24, 2.45) is 0 Å². The predicted molar refractivity (Wildman–Crippen MR) is 47.9 cm³/mol. The van der Waals surface area contributed by atoms with Crippen molar-refractivity contribution in [2.45, 2.75) is 12.8 Å². The quantitative estimate of drug-likeness (QED) is 0.701. The van der Waals surface area contributed by atoms with Crippen LogP contribution in [0.3, 0.4) is 0 Å². The summed E-state index contributed by atoms with van der Waals surface area (Å²) in [4.78, 5) is 11.1. The average Bonchev–Trinajstić information content (AvgIpc) is 2.15. The van der Waals surface area contributed by atoms with Gasteiger partial charge in [0.05, 0.1) is 7.11 Å². The van der Waals surface area contributed by atoms with Gasteiger partial charge in [-0.05, 0) is 12.1 Å². The Labute approximate surface area is 80.5 Å². The number of ketones is 1. The highest BCUT2D eigenvalue weighted by atomic mass is 19.3. The van der Waals surface area contributed by atoms with Crippen molar-refractivity contribution >= 4 is 5.78 Å². The minimum absolute atomic E-state index is 0.0446. The Bertz CT molecular complexity index is 342. The summed E-state index contributed by atoms with van der Waals surface area (Å²) in [6.45, 7) is 0.578. The molecule has 0 radical (unpaired) electrons. The molecule has 0 aliphatic carbocycles. The number of alkyl halides is 2. The van der Waals surface area contributed by atoms with Crippen LogP contribution in [-0.4, -0.2) is 18.8 Å². The highest BCUT2D eigenvalue weighted by Gasteiger charge is 2.33. The summed E-state index contributed by atoms with van der Waals surface area (Å²) in [7, 11) is 1.41. The Kier molecular flexibility index (Phi) is 2.84. The van der Waals surface area contributed by atoms with Crippen LogP contribution in [0.5, 0.6) is 5.75 Å². The monoisotopic (exact) mass is 200 g/mol. The summed E-state index contributed by atoms with van der Waals surface area (Å²) in [5.74, 6) is -4.15. The molecule has 0 bridgehead atoms. The maximum absolute atomic E-state index is 12.6. The Morgan fingerprint density at radius 3 is 2.57 bits per heavy atom. The summed E-state index contributed by atoms with van der Waals surface area (Å²) >= 11 is 0. The molecular formula is C10H10F2O2. The fourth-order valence-corrected chi connectivity index (χ4v) is 1.02. The molecule has 1 rings (SSSR count). The van der Waals surface area contributed by atoms with Crippen molar-refractivity contribution in [1.29, 1.82) is 0 Å². The first-order chi connectivity index (χ1) is 6.45. The number of benzene rings is 1. The number of hydrogen-bond acceptors (Lipinski definition) is 2. The summed E-state index contributed by atoms with van der Waals surface area (Å²) in [6, 6.07) is 5.71. The Morgan fingerprint density at radius 2 is 2.07 bits per heavy atom. The molecule has 0 atom stereocenters. The van der Waals surface area contributed by atoms with E-state index >= 15 is 0 Å². The first-order valence-corrected chi connectivity index (χ1v) is 4.02. The van der Waals surface area contributed by atoms with Crippen LogP contribution in [0.2, 0.25) is 0 Å². The predicted octanol–water partition coefficient (Wildman–Crippen LogP) is 2.53. The highest BCUT2D eigenvalue weighted by Crippen LogP contribution is 2.21. The molecule has 0 aromatic heterocycles. The van der Waals surface area contributed by atoms with E-state index in [2.05, 4.69) is 0 Å². The van der Waals surface area contributed by atoms with Gasteiger partial charge in [-0.2, -0.15) is 8.78 Å². The molecule has 0 unspecified atom stereocenters. The summed E-state index contributed by atoms with van der Waals surface area (Å²) in [5, 5.41) is 0. The Morgan fingerprint density at radius 1 is 1.43 bits per heavy atom. The van der Waals surface area contributed by atoms with Crippen LogP contribution in [0.15, 0.2) is 24.3 Å². The highest BCUT2D eigenvalue weighted by molar-refractivity contribution is 6.01. The lowest BCUT2D eigenvalue weighted by molar-refractivity contribution is 0.0221. The van der Waals surface area contributed by atoms with Crippen molar-refractivity contribution in [3.05, 3.63) is 29.8 Å². The molecule has 0 N–H and O–H groups in total. The van der Waals surface area contributed by atoms with Crippen molar-refractivity contribution in [3.63, 3.8) is 0 Å². The van der Waals surface area contributed by atoms with Crippen LogP contribution in [0.25, 0.3) is 0 Å². The van der Waals surface area contributed by atoms with E-state index in [1.807, 2.05) is 0 Å². The number of Topliss-reactive ketones (excluding diaryl/α,β-unsaturated/α-hetero) is 1. The van der Waals surface area contributed by atoms with Gasteiger partial charge in [0.1, 0.15) is 5.75 Å². The molecule has 14 heavy (non-hydrogen) atoms. The molecule has 0 spiro atoms. The molecule has 1 aromatic rings. The lowest BCUT2D eigenvalue weighted by atomic mass is 10.1. The average molecular weight is 200 g/mol. The van der Waals surface area contributed by atoms with Crippen LogP contribution in [-0.2, 0) is 0 Å². The van der Waals surface area contributed by atoms with Gasteiger partial charge in [-0.15, -0.1) is 0 Å². The molecule has 2 nitrogen and oxygen atoms in total. The minimum Gasteiger partial charge on any atom is -0.497 e. The molecule has 0 saturated carbocycles. The molecule has 76 valence electrons. The SMILES string of the molecule is COc1cccc(C(=O)C(C)(F)F)c1. The zero-order valence-electron chi connectivity index (χ0n) is 7.88. The van der Waals surface area contributed by atoms with Crippen LogP contribution >= 0.6 is 0 Å². The third-order valence-electron chi connectivity index (χ3n) is 1.73. The molecular weight excluding hydrogens is 190 g/mol. The largest absolute Gasteiger partial charge is 0.497 e. The van der Waals surface area contributed by atoms with Gasteiger partial charge in [0.2, 0.25) is 5.78 Å². The fourth-order valence-electron chi connectivity index (χ4n) is 1.02. The summed E-state index contributed by atoms with van der Waals surface area (Å²) < 4.78 is 30.1. The Balaban J connectivity index is 3.02. The second kappa shape index (κ2) is 3.74. The van der Waals surface area contributed by atoms with Gasteiger partial charge in [-0.1, -0.05) is 12.1 Å². The molecule has 0 aliphatic rings. The van der Waals surface area contributed by atoms with Gasteiger partial charge in [0, 0.05) is 12.5 Å². The van der Waals surface area contributed by atoms with Crippen molar-refractivity contribution in [3.8, 4) is 5.75 Å². The molecule has 4 heteroatoms. The van der Waals surface area contributed by atoms with E-state index in [9.17, 15) is 13.6 Å². The van der Waals surface area contributed by atoms with E-state index in [-0.39, 0.29) is 5.56 Å². The van der Waals surface area contributed by atoms with E-state index in [1.165, 1.54) is 25.3 Å². The van der Waals surface area contributed by atoms with E-state index in [0.717, 1.165) is 0 Å². The van der Waals surface area contributed by atoms with Gasteiger partial charge < -0.3 is 4.74 Å². The molecule has 0 saturated heterocycles. The normalized spacial score (nSPS) is 11.1. The van der Waals surface area contributed by atoms with Gasteiger partial charge in [-0.25, -0.2) is 0 Å². The van der Waals surface area contributed by atoms with Gasteiger partial charge >= 0.3 is 5.92 Å². The molecule has 0 amide bonds. The van der Waals surface area contributed by atoms with Crippen molar-refractivity contribution < 1.29 is 18.3 Å². The summed E-state index contributed by atoms with van der Waals surface area (Å²) in [5.41, 5.74) is -0.0446. The van der Waals surface area contributed by atoms with Crippen LogP contribution in [0.1, 0.15) is 17.3 Å². The summed E-state index contributed by atoms with van der Waals surface area (Å²) in [6.07, 6.45) is 0. The molecule has 0 heterocycles. The van der Waals surface area contributed by atoms with Crippen molar-refractivity contribution in [1.82, 2.24) is 0 Å². The molecule has 1 aromatic carbocycles. The minimum atomic E-state index is -3.34. The number of halogens is 2.